The van der Waals surface area contributed by atoms with Crippen molar-refractivity contribution in [3.63, 3.8) is 0 Å². The van der Waals surface area contributed by atoms with Crippen LogP contribution in [-0.4, -0.2) is 31.4 Å². The van der Waals surface area contributed by atoms with Gasteiger partial charge in [0, 0.05) is 30.0 Å². The first-order valence-corrected chi connectivity index (χ1v) is 13.5. The molecule has 0 heterocycles. The second-order valence-corrected chi connectivity index (χ2v) is 9.31. The molecule has 0 radical (unpaired) electrons. The van der Waals surface area contributed by atoms with Crippen molar-refractivity contribution in [3.8, 4) is 11.1 Å². The summed E-state index contributed by atoms with van der Waals surface area (Å²) in [4.78, 5) is 25.7. The Balaban J connectivity index is 1.26. The van der Waals surface area contributed by atoms with Gasteiger partial charge in [0.2, 0.25) is 5.91 Å². The number of hydrogen-bond acceptors (Lipinski definition) is 4. The predicted molar refractivity (Wildman–Crippen MR) is 160 cm³/mol. The number of hydrogen-bond donors (Lipinski definition) is 4. The van der Waals surface area contributed by atoms with Crippen molar-refractivity contribution in [1.29, 1.82) is 0 Å². The highest BCUT2D eigenvalue weighted by molar-refractivity contribution is 6.08. The third kappa shape index (κ3) is 8.03. The molecular weight excluding hydrogens is 484 g/mol. The maximum Gasteiger partial charge on any atom is 0.256 e. The topological polar surface area (TPSA) is 82.3 Å². The lowest BCUT2D eigenvalue weighted by Crippen LogP contribution is -2.38. The summed E-state index contributed by atoms with van der Waals surface area (Å²) in [6, 6.07) is 34.7. The lowest BCUT2D eigenvalue weighted by atomic mass is 9.99. The number of rotatable bonds is 13. The van der Waals surface area contributed by atoms with Crippen LogP contribution >= 0.6 is 0 Å². The first-order valence-electron chi connectivity index (χ1n) is 13.5. The van der Waals surface area contributed by atoms with Crippen molar-refractivity contribution in [1.82, 2.24) is 10.6 Å². The lowest BCUT2D eigenvalue weighted by Gasteiger charge is -2.19. The van der Waals surface area contributed by atoms with Gasteiger partial charge in [0.05, 0.1) is 0 Å². The van der Waals surface area contributed by atoms with E-state index in [4.69, 9.17) is 0 Å². The second-order valence-electron chi connectivity index (χ2n) is 9.31. The fourth-order valence-corrected chi connectivity index (χ4v) is 4.35. The zero-order chi connectivity index (χ0) is 27.3. The van der Waals surface area contributed by atoms with Crippen LogP contribution in [0.4, 0.5) is 11.4 Å². The van der Waals surface area contributed by atoms with Crippen molar-refractivity contribution < 1.29 is 9.59 Å². The van der Waals surface area contributed by atoms with E-state index in [2.05, 4.69) is 21.3 Å². The van der Waals surface area contributed by atoms with E-state index in [0.717, 1.165) is 47.5 Å². The molecule has 200 valence electrons. The molecule has 2 amide bonds. The molecule has 0 aliphatic rings. The minimum Gasteiger partial charge on any atom is -0.385 e. The van der Waals surface area contributed by atoms with Crippen molar-refractivity contribution in [2.45, 2.75) is 25.8 Å². The van der Waals surface area contributed by atoms with E-state index < -0.39 is 0 Å². The molecule has 4 aromatic carbocycles. The summed E-state index contributed by atoms with van der Waals surface area (Å²) in [5.74, 6) is -0.141. The Labute approximate surface area is 230 Å². The molecule has 0 saturated carbocycles. The highest BCUT2D eigenvalue weighted by Gasteiger charge is 2.19. The Kier molecular flexibility index (Phi) is 10.3. The van der Waals surface area contributed by atoms with Crippen molar-refractivity contribution in [3.05, 3.63) is 120 Å². The van der Waals surface area contributed by atoms with Gasteiger partial charge in [-0.1, -0.05) is 85.8 Å². The van der Waals surface area contributed by atoms with Crippen LogP contribution in [0.25, 0.3) is 11.1 Å². The average Bonchev–Trinajstić information content (AvgIpc) is 2.99. The molecule has 0 aliphatic heterocycles. The van der Waals surface area contributed by atoms with Gasteiger partial charge in [-0.05, 0) is 66.4 Å². The van der Waals surface area contributed by atoms with Crippen LogP contribution in [0.3, 0.4) is 0 Å². The molecular formula is C33H36N4O2. The van der Waals surface area contributed by atoms with Gasteiger partial charge in [0.1, 0.15) is 6.04 Å². The second kappa shape index (κ2) is 14.5. The molecule has 39 heavy (non-hydrogen) atoms. The fourth-order valence-electron chi connectivity index (χ4n) is 4.35. The van der Waals surface area contributed by atoms with E-state index in [1.807, 2.05) is 116 Å². The Morgan fingerprint density at radius 2 is 1.33 bits per heavy atom. The van der Waals surface area contributed by atoms with Crippen LogP contribution in [0.5, 0.6) is 0 Å². The summed E-state index contributed by atoms with van der Waals surface area (Å²) >= 11 is 0. The molecule has 0 bridgehead atoms. The maximum absolute atomic E-state index is 13.0. The third-order valence-corrected chi connectivity index (χ3v) is 6.37. The highest BCUT2D eigenvalue weighted by atomic mass is 16.2. The van der Waals surface area contributed by atoms with Crippen LogP contribution < -0.4 is 21.3 Å². The van der Waals surface area contributed by atoms with Gasteiger partial charge in [-0.15, -0.1) is 0 Å². The van der Waals surface area contributed by atoms with Gasteiger partial charge in [0.25, 0.3) is 5.91 Å². The Morgan fingerprint density at radius 3 is 2.05 bits per heavy atom. The molecule has 0 fully saturated rings. The van der Waals surface area contributed by atoms with Gasteiger partial charge in [-0.2, -0.15) is 0 Å². The summed E-state index contributed by atoms with van der Waals surface area (Å²) in [7, 11) is 0. The molecule has 0 saturated heterocycles. The molecule has 0 aromatic heterocycles. The largest absolute Gasteiger partial charge is 0.385 e. The van der Waals surface area contributed by atoms with E-state index in [1.165, 1.54) is 0 Å². The Hall–Kier alpha value is -4.42. The number of amides is 2. The Morgan fingerprint density at radius 1 is 0.692 bits per heavy atom. The number of anilines is 2. The van der Waals surface area contributed by atoms with Gasteiger partial charge >= 0.3 is 0 Å². The van der Waals surface area contributed by atoms with Crippen LogP contribution in [0, 0.1) is 0 Å². The Bertz CT molecular complexity index is 1320. The molecule has 4 N–H and O–H groups in total. The standard InChI is InChI=1S/C33H36N4O2/c1-2-22-36-33(39)31(26-14-7-4-8-15-26)35-24-11-23-34-27-18-20-28(21-19-27)37-32(38)30-17-10-9-16-29(30)25-12-5-3-6-13-25/h3-10,12-21,31,34-35H,2,11,22-24H2,1H3,(H,36,39)(H,37,38). The number of nitrogens with one attached hydrogen (secondary N) is 4. The minimum atomic E-state index is -0.368. The van der Waals surface area contributed by atoms with E-state index >= 15 is 0 Å². The van der Waals surface area contributed by atoms with Gasteiger partial charge < -0.3 is 21.3 Å². The summed E-state index contributed by atoms with van der Waals surface area (Å²) in [5.41, 5.74) is 5.21. The number of benzene rings is 4. The zero-order valence-corrected chi connectivity index (χ0v) is 22.3. The monoisotopic (exact) mass is 520 g/mol. The normalized spacial score (nSPS) is 11.4. The van der Waals surface area contributed by atoms with Gasteiger partial charge in [-0.25, -0.2) is 0 Å². The fraction of sp³-hybridized carbons (Fsp3) is 0.212. The van der Waals surface area contributed by atoms with Crippen LogP contribution in [-0.2, 0) is 4.79 Å². The van der Waals surface area contributed by atoms with Gasteiger partial charge in [0.15, 0.2) is 0 Å². The molecule has 4 rings (SSSR count). The summed E-state index contributed by atoms with van der Waals surface area (Å²) in [6.45, 7) is 4.16. The SMILES string of the molecule is CCCNC(=O)C(NCCCNc1ccc(NC(=O)c2ccccc2-c2ccccc2)cc1)c1ccccc1. The molecule has 6 heteroatoms. The van der Waals surface area contributed by atoms with E-state index in [9.17, 15) is 9.59 Å². The first-order chi connectivity index (χ1) is 19.2. The summed E-state index contributed by atoms with van der Waals surface area (Å²) in [6.07, 6.45) is 1.75. The molecule has 6 nitrogen and oxygen atoms in total. The van der Waals surface area contributed by atoms with Crippen molar-refractivity contribution >= 4 is 23.2 Å². The third-order valence-electron chi connectivity index (χ3n) is 6.37. The molecule has 0 aliphatic carbocycles. The number of carbonyl (C=O) groups is 2. The zero-order valence-electron chi connectivity index (χ0n) is 22.3. The van der Waals surface area contributed by atoms with Crippen LogP contribution in [0.15, 0.2) is 109 Å². The van der Waals surface area contributed by atoms with Crippen LogP contribution in [0.2, 0.25) is 0 Å². The lowest BCUT2D eigenvalue weighted by molar-refractivity contribution is -0.123. The molecule has 4 aromatic rings. The predicted octanol–water partition coefficient (Wildman–Crippen LogP) is 6.27. The van der Waals surface area contributed by atoms with E-state index in [-0.39, 0.29) is 17.9 Å². The summed E-state index contributed by atoms with van der Waals surface area (Å²) in [5, 5.41) is 12.8. The highest BCUT2D eigenvalue weighted by Crippen LogP contribution is 2.24. The average molecular weight is 521 g/mol. The summed E-state index contributed by atoms with van der Waals surface area (Å²) < 4.78 is 0. The number of carbonyl (C=O) groups excluding carboxylic acids is 2. The van der Waals surface area contributed by atoms with Crippen LogP contribution in [0.1, 0.15) is 41.7 Å². The molecule has 1 unspecified atom stereocenters. The smallest absolute Gasteiger partial charge is 0.256 e. The first kappa shape index (κ1) is 27.6. The van der Waals surface area contributed by atoms with E-state index in [1.54, 1.807) is 0 Å². The maximum atomic E-state index is 13.0. The van der Waals surface area contributed by atoms with Crippen molar-refractivity contribution in [2.75, 3.05) is 30.3 Å². The van der Waals surface area contributed by atoms with Gasteiger partial charge in [-0.3, -0.25) is 9.59 Å². The quantitative estimate of drug-likeness (QED) is 0.157. The molecule has 1 atom stereocenters. The minimum absolute atomic E-state index is 0.0000343. The molecule has 0 spiro atoms. The van der Waals surface area contributed by atoms with E-state index in [0.29, 0.717) is 18.7 Å². The van der Waals surface area contributed by atoms with Crippen molar-refractivity contribution in [2.24, 2.45) is 0 Å².